The number of benzene rings is 1. The molecule has 0 atom stereocenters. The Labute approximate surface area is 136 Å². The molecule has 0 aliphatic carbocycles. The number of nitrogens with one attached hydrogen (secondary N) is 1. The van der Waals surface area contributed by atoms with E-state index >= 15 is 0 Å². The first kappa shape index (κ1) is 16.0. The molecule has 124 valence electrons. The number of methoxy groups -OCH3 is 1. The number of nitrogens with zero attached hydrogens (tertiary/aromatic N) is 2. The van der Waals surface area contributed by atoms with Crippen molar-refractivity contribution in [2.45, 2.75) is 12.6 Å². The highest BCUT2D eigenvalue weighted by atomic mass is 19.4. The van der Waals surface area contributed by atoms with Crippen LogP contribution in [0, 0.1) is 0 Å². The lowest BCUT2D eigenvalue weighted by molar-refractivity contribution is -0.137. The van der Waals surface area contributed by atoms with Gasteiger partial charge in [-0.3, -0.25) is 5.10 Å². The minimum atomic E-state index is -4.41. The fourth-order valence-electron chi connectivity index (χ4n) is 2.38. The van der Waals surface area contributed by atoms with E-state index in [1.54, 1.807) is 30.6 Å². The maximum Gasteiger partial charge on any atom is 0.416 e. The van der Waals surface area contributed by atoms with E-state index in [-0.39, 0.29) is 0 Å². The number of pyridine rings is 1. The van der Waals surface area contributed by atoms with Crippen LogP contribution in [0.15, 0.2) is 48.8 Å². The molecule has 0 saturated carbocycles. The first-order valence-electron chi connectivity index (χ1n) is 7.16. The molecule has 24 heavy (non-hydrogen) atoms. The Kier molecular flexibility index (Phi) is 4.24. The third-order valence-corrected chi connectivity index (χ3v) is 3.54. The third-order valence-electron chi connectivity index (χ3n) is 3.54. The molecule has 3 rings (SSSR count). The molecule has 1 N–H and O–H groups in total. The van der Waals surface area contributed by atoms with Crippen LogP contribution in [0.3, 0.4) is 0 Å². The quantitative estimate of drug-likeness (QED) is 0.782. The highest BCUT2D eigenvalue weighted by molar-refractivity contribution is 5.67. The minimum Gasteiger partial charge on any atom is -0.494 e. The van der Waals surface area contributed by atoms with Crippen LogP contribution < -0.4 is 4.74 Å². The molecular formula is C17H14F3N3O. The van der Waals surface area contributed by atoms with Gasteiger partial charge in [0.15, 0.2) is 0 Å². The van der Waals surface area contributed by atoms with Crippen molar-refractivity contribution in [2.24, 2.45) is 0 Å². The Bertz CT molecular complexity index is 829. The number of hydrogen-bond acceptors (Lipinski definition) is 3. The summed E-state index contributed by atoms with van der Waals surface area (Å²) < 4.78 is 44.1. The van der Waals surface area contributed by atoms with Crippen molar-refractivity contribution >= 4 is 0 Å². The van der Waals surface area contributed by atoms with Gasteiger partial charge in [0.2, 0.25) is 0 Å². The van der Waals surface area contributed by atoms with Gasteiger partial charge < -0.3 is 4.74 Å². The average molecular weight is 333 g/mol. The van der Waals surface area contributed by atoms with Gasteiger partial charge in [-0.15, -0.1) is 0 Å². The number of alkyl halides is 3. The van der Waals surface area contributed by atoms with Crippen LogP contribution in [-0.2, 0) is 12.6 Å². The lowest BCUT2D eigenvalue weighted by Crippen LogP contribution is -2.05. The van der Waals surface area contributed by atoms with E-state index in [0.717, 1.165) is 17.7 Å². The summed E-state index contributed by atoms with van der Waals surface area (Å²) in [5.41, 5.74) is 1.66. The molecule has 0 amide bonds. The lowest BCUT2D eigenvalue weighted by Gasteiger charge is -2.12. The van der Waals surface area contributed by atoms with Crippen LogP contribution in [0.5, 0.6) is 5.75 Å². The number of aromatic nitrogens is 3. The Hall–Kier alpha value is -2.83. The molecule has 2 aromatic heterocycles. The fourth-order valence-corrected chi connectivity index (χ4v) is 2.38. The SMILES string of the molecule is COc1ccc(Cc2cn[nH]c2)nc1-c1cccc(C(F)(F)F)c1. The van der Waals surface area contributed by atoms with Crippen molar-refractivity contribution in [1.82, 2.24) is 15.2 Å². The van der Waals surface area contributed by atoms with Crippen molar-refractivity contribution in [1.29, 1.82) is 0 Å². The maximum absolute atomic E-state index is 12.9. The Morgan fingerprint density at radius 2 is 2.00 bits per heavy atom. The average Bonchev–Trinajstić information content (AvgIpc) is 3.07. The van der Waals surface area contributed by atoms with E-state index in [1.165, 1.54) is 13.2 Å². The summed E-state index contributed by atoms with van der Waals surface area (Å²) in [6.45, 7) is 0. The van der Waals surface area contributed by atoms with E-state index in [4.69, 9.17) is 4.74 Å². The summed E-state index contributed by atoms with van der Waals surface area (Å²) in [6.07, 6.45) is -0.462. The highest BCUT2D eigenvalue weighted by Gasteiger charge is 2.30. The molecule has 0 saturated heterocycles. The van der Waals surface area contributed by atoms with E-state index in [2.05, 4.69) is 15.2 Å². The Morgan fingerprint density at radius 3 is 2.67 bits per heavy atom. The van der Waals surface area contributed by atoms with Crippen LogP contribution in [-0.4, -0.2) is 22.3 Å². The molecule has 0 aliphatic heterocycles. The van der Waals surface area contributed by atoms with Crippen molar-refractivity contribution < 1.29 is 17.9 Å². The van der Waals surface area contributed by atoms with Crippen molar-refractivity contribution in [3.8, 4) is 17.0 Å². The normalized spacial score (nSPS) is 11.5. The van der Waals surface area contributed by atoms with E-state index < -0.39 is 11.7 Å². The molecule has 4 nitrogen and oxygen atoms in total. The van der Waals surface area contributed by atoms with Gasteiger partial charge in [0.1, 0.15) is 11.4 Å². The van der Waals surface area contributed by atoms with Gasteiger partial charge >= 0.3 is 6.18 Å². The second kappa shape index (κ2) is 6.35. The number of aromatic amines is 1. The number of halogens is 3. The molecule has 0 unspecified atom stereocenters. The summed E-state index contributed by atoms with van der Waals surface area (Å²) in [7, 11) is 1.46. The van der Waals surface area contributed by atoms with Gasteiger partial charge in [0, 0.05) is 23.9 Å². The van der Waals surface area contributed by atoms with E-state index in [9.17, 15) is 13.2 Å². The second-order valence-corrected chi connectivity index (χ2v) is 5.22. The monoisotopic (exact) mass is 333 g/mol. The van der Waals surface area contributed by atoms with Gasteiger partial charge in [0.05, 0.1) is 18.9 Å². The molecule has 7 heteroatoms. The molecule has 0 radical (unpaired) electrons. The zero-order valence-corrected chi connectivity index (χ0v) is 12.8. The number of rotatable bonds is 4. The van der Waals surface area contributed by atoms with Crippen LogP contribution >= 0.6 is 0 Å². The maximum atomic E-state index is 12.9. The molecule has 0 bridgehead atoms. The third kappa shape index (κ3) is 3.40. The largest absolute Gasteiger partial charge is 0.494 e. The molecular weight excluding hydrogens is 319 g/mol. The summed E-state index contributed by atoms with van der Waals surface area (Å²) in [5.74, 6) is 0.422. The van der Waals surface area contributed by atoms with Gasteiger partial charge in [-0.05, 0) is 29.8 Å². The van der Waals surface area contributed by atoms with Gasteiger partial charge in [-0.1, -0.05) is 12.1 Å². The molecule has 3 aromatic rings. The predicted molar refractivity (Wildman–Crippen MR) is 82.6 cm³/mol. The Morgan fingerprint density at radius 1 is 1.17 bits per heavy atom. The van der Waals surface area contributed by atoms with Crippen LogP contribution in [0.1, 0.15) is 16.8 Å². The molecule has 0 aliphatic rings. The van der Waals surface area contributed by atoms with Crippen molar-refractivity contribution in [3.05, 3.63) is 65.6 Å². The first-order valence-corrected chi connectivity index (χ1v) is 7.16. The van der Waals surface area contributed by atoms with Gasteiger partial charge in [0.25, 0.3) is 0 Å². The zero-order valence-electron chi connectivity index (χ0n) is 12.8. The minimum absolute atomic E-state index is 0.357. The lowest BCUT2D eigenvalue weighted by atomic mass is 10.1. The first-order chi connectivity index (χ1) is 11.5. The van der Waals surface area contributed by atoms with Crippen LogP contribution in [0.25, 0.3) is 11.3 Å². The summed E-state index contributed by atoms with van der Waals surface area (Å²) in [6, 6.07) is 8.54. The molecule has 0 spiro atoms. The highest BCUT2D eigenvalue weighted by Crippen LogP contribution is 2.34. The van der Waals surface area contributed by atoms with Crippen molar-refractivity contribution in [2.75, 3.05) is 7.11 Å². The predicted octanol–water partition coefficient (Wildman–Crippen LogP) is 4.09. The van der Waals surface area contributed by atoms with Crippen LogP contribution in [0.2, 0.25) is 0 Å². The number of hydrogen-bond donors (Lipinski definition) is 1. The van der Waals surface area contributed by atoms with E-state index in [0.29, 0.717) is 29.1 Å². The second-order valence-electron chi connectivity index (χ2n) is 5.22. The summed E-state index contributed by atoms with van der Waals surface area (Å²) >= 11 is 0. The topological polar surface area (TPSA) is 50.8 Å². The van der Waals surface area contributed by atoms with Gasteiger partial charge in [-0.2, -0.15) is 18.3 Å². The number of ether oxygens (including phenoxy) is 1. The van der Waals surface area contributed by atoms with Crippen molar-refractivity contribution in [3.63, 3.8) is 0 Å². The fraction of sp³-hybridized carbons (Fsp3) is 0.176. The zero-order chi connectivity index (χ0) is 17.2. The molecule has 1 aromatic carbocycles. The smallest absolute Gasteiger partial charge is 0.416 e. The van der Waals surface area contributed by atoms with Crippen LogP contribution in [0.4, 0.5) is 13.2 Å². The summed E-state index contributed by atoms with van der Waals surface area (Å²) in [5, 5.41) is 6.58. The Balaban J connectivity index is 2.02. The summed E-state index contributed by atoms with van der Waals surface area (Å²) in [4.78, 5) is 4.48. The standard InChI is InChI=1S/C17H14F3N3O/c1-24-15-6-5-14(7-11-9-21-22-10-11)23-16(15)12-3-2-4-13(8-12)17(18,19)20/h2-6,8-10H,7H2,1H3,(H,21,22). The molecule has 2 heterocycles. The molecule has 0 fully saturated rings. The number of H-pyrrole nitrogens is 1. The van der Waals surface area contributed by atoms with Gasteiger partial charge in [-0.25, -0.2) is 4.98 Å². The van der Waals surface area contributed by atoms with E-state index in [1.807, 2.05) is 0 Å².